The van der Waals surface area contributed by atoms with E-state index in [1.807, 2.05) is 30.3 Å². The molecule has 1 N–H and O–H groups in total. The second kappa shape index (κ2) is 6.86. The van der Waals surface area contributed by atoms with Gasteiger partial charge in [0.25, 0.3) is 0 Å². The summed E-state index contributed by atoms with van der Waals surface area (Å²) in [5.41, 5.74) is 2.22. The van der Waals surface area contributed by atoms with Crippen molar-refractivity contribution in [1.29, 1.82) is 0 Å². The van der Waals surface area contributed by atoms with Gasteiger partial charge in [0.05, 0.1) is 12.1 Å². The zero-order chi connectivity index (χ0) is 13.1. The van der Waals surface area contributed by atoms with Gasteiger partial charge in [0, 0.05) is 4.88 Å². The van der Waals surface area contributed by atoms with Crippen molar-refractivity contribution in [2.75, 3.05) is 5.32 Å². The van der Waals surface area contributed by atoms with Gasteiger partial charge in [0.1, 0.15) is 0 Å². The third kappa shape index (κ3) is 3.58. The van der Waals surface area contributed by atoms with Crippen LogP contribution in [0.4, 0.5) is 5.13 Å². The molecule has 3 rings (SSSR count). The van der Waals surface area contributed by atoms with E-state index < -0.39 is 0 Å². The van der Waals surface area contributed by atoms with Crippen LogP contribution in [0.5, 0.6) is 0 Å². The van der Waals surface area contributed by atoms with Crippen molar-refractivity contribution >= 4 is 34.8 Å². The van der Waals surface area contributed by atoms with E-state index in [0.29, 0.717) is 6.42 Å². The summed E-state index contributed by atoms with van der Waals surface area (Å²) >= 11 is 1.63. The summed E-state index contributed by atoms with van der Waals surface area (Å²) in [5.74, 6) is 0.0114. The first kappa shape index (κ1) is 15.0. The quantitative estimate of drug-likeness (QED) is 0.941. The highest BCUT2D eigenvalue weighted by atomic mass is 35.5. The van der Waals surface area contributed by atoms with E-state index >= 15 is 0 Å². The number of anilines is 1. The number of benzene rings is 1. The van der Waals surface area contributed by atoms with Crippen molar-refractivity contribution in [1.82, 2.24) is 4.98 Å². The molecule has 0 saturated carbocycles. The van der Waals surface area contributed by atoms with Crippen LogP contribution in [-0.4, -0.2) is 10.9 Å². The molecule has 1 aliphatic carbocycles. The Morgan fingerprint density at radius 2 is 1.95 bits per heavy atom. The smallest absolute Gasteiger partial charge is 0.230 e. The van der Waals surface area contributed by atoms with Crippen molar-refractivity contribution in [3.63, 3.8) is 0 Å². The molecule has 0 spiro atoms. The number of hydrogen-bond donors (Lipinski definition) is 1. The minimum Gasteiger partial charge on any atom is -0.302 e. The number of carbonyl (C=O) groups excluding carboxylic acids is 1. The summed E-state index contributed by atoms with van der Waals surface area (Å²) < 4.78 is 0. The van der Waals surface area contributed by atoms with Crippen LogP contribution in [-0.2, 0) is 24.1 Å². The molecule has 1 heterocycles. The zero-order valence-electron chi connectivity index (χ0n) is 11.1. The molecule has 0 bridgehead atoms. The molecule has 0 radical (unpaired) electrons. The average Bonchev–Trinajstić information content (AvgIpc) is 2.81. The monoisotopic (exact) mass is 308 g/mol. The molecule has 0 aliphatic heterocycles. The van der Waals surface area contributed by atoms with Crippen LogP contribution in [0, 0.1) is 0 Å². The minimum atomic E-state index is 0. The van der Waals surface area contributed by atoms with E-state index in [0.717, 1.165) is 23.5 Å². The maximum Gasteiger partial charge on any atom is 0.230 e. The molecule has 0 fully saturated rings. The van der Waals surface area contributed by atoms with E-state index in [1.165, 1.54) is 23.4 Å². The fourth-order valence-corrected chi connectivity index (χ4v) is 3.42. The molecule has 1 aliphatic rings. The topological polar surface area (TPSA) is 42.0 Å². The Morgan fingerprint density at radius 3 is 2.70 bits per heavy atom. The van der Waals surface area contributed by atoms with Gasteiger partial charge in [0.2, 0.25) is 5.91 Å². The molecule has 0 saturated heterocycles. The summed E-state index contributed by atoms with van der Waals surface area (Å²) in [6, 6.07) is 9.78. The third-order valence-corrected chi connectivity index (χ3v) is 4.37. The standard InChI is InChI=1S/C15H16N2OS.ClH/c18-14(10-11-6-2-1-3-7-11)17-15-16-12-8-4-5-9-13(12)19-15;/h1-3,6-7H,4-5,8-10H2,(H,16,17,18);1H. The molecule has 20 heavy (non-hydrogen) atoms. The first-order chi connectivity index (χ1) is 9.31. The first-order valence-corrected chi connectivity index (χ1v) is 7.45. The molecule has 0 unspecified atom stereocenters. The fourth-order valence-electron chi connectivity index (χ4n) is 2.35. The lowest BCUT2D eigenvalue weighted by Gasteiger charge is -2.06. The van der Waals surface area contributed by atoms with Crippen molar-refractivity contribution in [2.45, 2.75) is 32.1 Å². The van der Waals surface area contributed by atoms with Gasteiger partial charge < -0.3 is 5.32 Å². The molecule has 106 valence electrons. The van der Waals surface area contributed by atoms with Gasteiger partial charge in [-0.2, -0.15) is 0 Å². The van der Waals surface area contributed by atoms with Crippen LogP contribution in [0.25, 0.3) is 0 Å². The number of nitrogens with one attached hydrogen (secondary N) is 1. The number of carbonyl (C=O) groups is 1. The van der Waals surface area contributed by atoms with E-state index in [-0.39, 0.29) is 18.3 Å². The SMILES string of the molecule is Cl.O=C(Cc1ccccc1)Nc1nc2c(s1)CCCC2. The molecule has 2 aromatic rings. The second-order valence-corrected chi connectivity index (χ2v) is 5.89. The summed E-state index contributed by atoms with van der Waals surface area (Å²) in [6.07, 6.45) is 5.04. The fraction of sp³-hybridized carbons (Fsp3) is 0.333. The van der Waals surface area contributed by atoms with Crippen molar-refractivity contribution in [3.05, 3.63) is 46.5 Å². The highest BCUT2D eigenvalue weighted by Crippen LogP contribution is 2.29. The minimum absolute atomic E-state index is 0. The number of thiazole rings is 1. The lowest BCUT2D eigenvalue weighted by molar-refractivity contribution is -0.115. The Bertz CT molecular complexity index is 559. The second-order valence-electron chi connectivity index (χ2n) is 4.81. The Morgan fingerprint density at radius 1 is 1.20 bits per heavy atom. The van der Waals surface area contributed by atoms with Crippen LogP contribution < -0.4 is 5.32 Å². The predicted molar refractivity (Wildman–Crippen MR) is 84.8 cm³/mol. The summed E-state index contributed by atoms with van der Waals surface area (Å²) in [7, 11) is 0. The van der Waals surface area contributed by atoms with Crippen LogP contribution in [0.15, 0.2) is 30.3 Å². The molecule has 1 amide bonds. The molecule has 5 heteroatoms. The zero-order valence-corrected chi connectivity index (χ0v) is 12.7. The van der Waals surface area contributed by atoms with Crippen LogP contribution in [0.2, 0.25) is 0 Å². The maximum absolute atomic E-state index is 12.0. The summed E-state index contributed by atoms with van der Waals surface area (Å²) in [4.78, 5) is 17.8. The number of fused-ring (bicyclic) bond motifs is 1. The van der Waals surface area contributed by atoms with Gasteiger partial charge in [-0.15, -0.1) is 23.7 Å². The van der Waals surface area contributed by atoms with Crippen LogP contribution in [0.1, 0.15) is 29.0 Å². The van der Waals surface area contributed by atoms with Gasteiger partial charge in [-0.1, -0.05) is 30.3 Å². The van der Waals surface area contributed by atoms with Gasteiger partial charge >= 0.3 is 0 Å². The maximum atomic E-state index is 12.0. The molecule has 0 atom stereocenters. The van der Waals surface area contributed by atoms with Gasteiger partial charge in [-0.05, 0) is 31.2 Å². The lowest BCUT2D eigenvalue weighted by atomic mass is 10.0. The number of nitrogens with zero attached hydrogens (tertiary/aromatic N) is 1. The Kier molecular flexibility index (Phi) is 5.15. The third-order valence-electron chi connectivity index (χ3n) is 3.30. The van der Waals surface area contributed by atoms with Crippen molar-refractivity contribution in [3.8, 4) is 0 Å². The molecule has 1 aromatic heterocycles. The highest BCUT2D eigenvalue weighted by molar-refractivity contribution is 7.15. The largest absolute Gasteiger partial charge is 0.302 e. The number of rotatable bonds is 3. The van der Waals surface area contributed by atoms with Gasteiger partial charge in [0.15, 0.2) is 5.13 Å². The highest BCUT2D eigenvalue weighted by Gasteiger charge is 2.16. The molecular formula is C15H17ClN2OS. The molecule has 3 nitrogen and oxygen atoms in total. The number of halogens is 1. The Hall–Kier alpha value is -1.39. The van der Waals surface area contributed by atoms with Crippen molar-refractivity contribution in [2.24, 2.45) is 0 Å². The predicted octanol–water partition coefficient (Wildman–Crippen LogP) is 3.62. The first-order valence-electron chi connectivity index (χ1n) is 6.63. The Labute approximate surface area is 128 Å². The Balaban J connectivity index is 0.00000147. The van der Waals surface area contributed by atoms with Crippen molar-refractivity contribution < 1.29 is 4.79 Å². The average molecular weight is 309 g/mol. The van der Waals surface area contributed by atoms with E-state index in [4.69, 9.17) is 0 Å². The van der Waals surface area contributed by atoms with E-state index in [9.17, 15) is 4.79 Å². The number of aryl methyl sites for hydroxylation is 2. The van der Waals surface area contributed by atoms with E-state index in [1.54, 1.807) is 11.3 Å². The number of amides is 1. The van der Waals surface area contributed by atoms with E-state index in [2.05, 4.69) is 10.3 Å². The van der Waals surface area contributed by atoms with Crippen LogP contribution in [0.3, 0.4) is 0 Å². The lowest BCUT2D eigenvalue weighted by Crippen LogP contribution is -2.14. The summed E-state index contributed by atoms with van der Waals surface area (Å²) in [5, 5.41) is 3.67. The van der Waals surface area contributed by atoms with Gasteiger partial charge in [-0.3, -0.25) is 4.79 Å². The number of hydrogen-bond acceptors (Lipinski definition) is 3. The van der Waals surface area contributed by atoms with Crippen LogP contribution >= 0.6 is 23.7 Å². The molecule has 1 aromatic carbocycles. The summed E-state index contributed by atoms with van der Waals surface area (Å²) in [6.45, 7) is 0. The molecular weight excluding hydrogens is 292 g/mol. The number of aromatic nitrogens is 1. The normalized spacial score (nSPS) is 13.2. The van der Waals surface area contributed by atoms with Gasteiger partial charge in [-0.25, -0.2) is 4.98 Å².